The Morgan fingerprint density at radius 2 is 1.62 bits per heavy atom. The number of halogens is 1. The third-order valence-electron chi connectivity index (χ3n) is 5.78. The van der Waals surface area contributed by atoms with Gasteiger partial charge in [0, 0.05) is 23.7 Å². The first-order chi connectivity index (χ1) is 18.7. The maximum atomic E-state index is 13.2. The number of carbonyl (C=O) groups excluding carboxylic acids is 1. The molecule has 0 unspecified atom stereocenters. The molecule has 9 nitrogen and oxygen atoms in total. The van der Waals surface area contributed by atoms with Gasteiger partial charge in [-0.05, 0) is 65.7 Å². The summed E-state index contributed by atoms with van der Waals surface area (Å²) in [7, 11) is -4.11. The molecule has 11 heteroatoms. The third kappa shape index (κ3) is 5.63. The lowest BCUT2D eigenvalue weighted by atomic mass is 9.98. The predicted molar refractivity (Wildman–Crippen MR) is 143 cm³/mol. The molecule has 0 aliphatic rings. The first kappa shape index (κ1) is 25.6. The van der Waals surface area contributed by atoms with Gasteiger partial charge in [-0.2, -0.15) is 4.98 Å². The van der Waals surface area contributed by atoms with E-state index < -0.39 is 21.7 Å². The summed E-state index contributed by atoms with van der Waals surface area (Å²) in [5, 5.41) is 16.9. The molecule has 0 bridgehead atoms. The number of rotatable bonds is 7. The van der Waals surface area contributed by atoms with Crippen molar-refractivity contribution in [1.29, 1.82) is 0 Å². The van der Waals surface area contributed by atoms with Crippen molar-refractivity contribution in [2.75, 3.05) is 10.0 Å². The van der Waals surface area contributed by atoms with Crippen LogP contribution in [0.15, 0.2) is 100 Å². The fourth-order valence-corrected chi connectivity index (χ4v) is 4.92. The predicted octanol–water partition coefficient (Wildman–Crippen LogP) is 5.61. The molecule has 5 rings (SSSR count). The quantitative estimate of drug-likeness (QED) is 0.179. The molecule has 0 spiro atoms. The fourth-order valence-electron chi connectivity index (χ4n) is 3.86. The second-order valence-corrected chi connectivity index (χ2v) is 10.2. The van der Waals surface area contributed by atoms with Crippen LogP contribution in [0, 0.1) is 12.7 Å². The zero-order valence-corrected chi connectivity index (χ0v) is 21.2. The van der Waals surface area contributed by atoms with E-state index in [1.165, 1.54) is 18.2 Å². The van der Waals surface area contributed by atoms with Gasteiger partial charge in [-0.3, -0.25) is 9.52 Å². The van der Waals surface area contributed by atoms with Gasteiger partial charge < -0.3 is 14.9 Å². The molecule has 0 aliphatic carbocycles. The van der Waals surface area contributed by atoms with Crippen molar-refractivity contribution < 1.29 is 27.2 Å². The molecule has 3 N–H and O–H groups in total. The second-order valence-electron chi connectivity index (χ2n) is 8.51. The van der Waals surface area contributed by atoms with Crippen molar-refractivity contribution in [2.24, 2.45) is 0 Å². The van der Waals surface area contributed by atoms with Gasteiger partial charge in [-0.1, -0.05) is 41.6 Å². The molecule has 0 atom stereocenters. The van der Waals surface area contributed by atoms with E-state index >= 15 is 0 Å². The highest BCUT2D eigenvalue weighted by atomic mass is 32.2. The minimum atomic E-state index is -4.11. The second kappa shape index (κ2) is 10.4. The standard InChI is InChI=1S/C28H21FN4O5S/c1-17-30-27(32-38-17)24-5-3-2-4-23(24)18-6-8-19(9-7-18)28(35)31-21-12-15-26(34)25(16-21)33-39(36,37)22-13-10-20(29)11-14-22/h2-16,33-34H,1H3,(H,31,35). The van der Waals surface area contributed by atoms with E-state index in [1.807, 2.05) is 24.3 Å². The molecule has 4 aromatic carbocycles. The number of carbonyl (C=O) groups is 1. The van der Waals surface area contributed by atoms with Gasteiger partial charge in [-0.15, -0.1) is 0 Å². The number of anilines is 2. The van der Waals surface area contributed by atoms with Gasteiger partial charge in [0.1, 0.15) is 11.6 Å². The van der Waals surface area contributed by atoms with Gasteiger partial charge in [0.15, 0.2) is 0 Å². The Balaban J connectivity index is 1.33. The zero-order chi connectivity index (χ0) is 27.6. The number of phenols is 1. The van der Waals surface area contributed by atoms with E-state index in [9.17, 15) is 22.7 Å². The number of benzene rings is 4. The van der Waals surface area contributed by atoms with Crippen LogP contribution in [0.25, 0.3) is 22.5 Å². The number of aryl methyl sites for hydroxylation is 1. The molecule has 0 radical (unpaired) electrons. The molecule has 39 heavy (non-hydrogen) atoms. The molecule has 0 saturated carbocycles. The maximum absolute atomic E-state index is 13.2. The average Bonchev–Trinajstić information content (AvgIpc) is 3.37. The summed E-state index contributed by atoms with van der Waals surface area (Å²) in [5.74, 6) is -0.462. The third-order valence-corrected chi connectivity index (χ3v) is 7.16. The minimum absolute atomic E-state index is 0.152. The van der Waals surface area contributed by atoms with E-state index in [-0.39, 0.29) is 22.0 Å². The highest BCUT2D eigenvalue weighted by Gasteiger charge is 2.18. The Kier molecular flexibility index (Phi) is 6.82. The summed E-state index contributed by atoms with van der Waals surface area (Å²) >= 11 is 0. The highest BCUT2D eigenvalue weighted by molar-refractivity contribution is 7.92. The van der Waals surface area contributed by atoms with Crippen LogP contribution < -0.4 is 10.0 Å². The van der Waals surface area contributed by atoms with Gasteiger partial charge in [-0.25, -0.2) is 12.8 Å². The largest absolute Gasteiger partial charge is 0.506 e. The summed E-state index contributed by atoms with van der Waals surface area (Å²) in [4.78, 5) is 17.0. The highest BCUT2D eigenvalue weighted by Crippen LogP contribution is 2.32. The smallest absolute Gasteiger partial charge is 0.262 e. The van der Waals surface area contributed by atoms with Gasteiger partial charge in [0.2, 0.25) is 11.7 Å². The van der Waals surface area contributed by atoms with Crippen molar-refractivity contribution in [2.45, 2.75) is 11.8 Å². The van der Waals surface area contributed by atoms with Crippen molar-refractivity contribution in [1.82, 2.24) is 10.1 Å². The van der Waals surface area contributed by atoms with Crippen LogP contribution in [0.3, 0.4) is 0 Å². The Bertz CT molecular complexity index is 1770. The van der Waals surface area contributed by atoms with Crippen LogP contribution in [0.1, 0.15) is 16.2 Å². The van der Waals surface area contributed by atoms with Crippen LogP contribution in [0.4, 0.5) is 15.8 Å². The average molecular weight is 545 g/mol. The van der Waals surface area contributed by atoms with E-state index in [1.54, 1.807) is 31.2 Å². The first-order valence-corrected chi connectivity index (χ1v) is 13.1. The lowest BCUT2D eigenvalue weighted by molar-refractivity contribution is 0.102. The number of aromatic nitrogens is 2. The van der Waals surface area contributed by atoms with E-state index in [0.717, 1.165) is 41.0 Å². The first-order valence-electron chi connectivity index (χ1n) is 11.6. The monoisotopic (exact) mass is 544 g/mol. The number of nitrogens with zero attached hydrogens (tertiary/aromatic N) is 2. The Hall–Kier alpha value is -5.03. The van der Waals surface area contributed by atoms with Crippen molar-refractivity contribution in [3.8, 4) is 28.3 Å². The molecule has 196 valence electrons. The Morgan fingerprint density at radius 3 is 2.28 bits per heavy atom. The molecule has 0 aliphatic heterocycles. The van der Waals surface area contributed by atoms with Gasteiger partial charge in [0.05, 0.1) is 10.6 Å². The maximum Gasteiger partial charge on any atom is 0.262 e. The zero-order valence-electron chi connectivity index (χ0n) is 20.4. The van der Waals surface area contributed by atoms with Crippen molar-refractivity contribution in [3.05, 3.63) is 108 Å². The Morgan fingerprint density at radius 1 is 0.923 bits per heavy atom. The number of aromatic hydroxyl groups is 1. The molecule has 0 saturated heterocycles. The molecule has 0 fully saturated rings. The van der Waals surface area contributed by atoms with Gasteiger partial charge >= 0.3 is 0 Å². The van der Waals surface area contributed by atoms with Crippen molar-refractivity contribution >= 4 is 27.3 Å². The van der Waals surface area contributed by atoms with Crippen molar-refractivity contribution in [3.63, 3.8) is 0 Å². The van der Waals surface area contributed by atoms with Crippen LogP contribution in [0.5, 0.6) is 5.75 Å². The molecular weight excluding hydrogens is 523 g/mol. The summed E-state index contributed by atoms with van der Waals surface area (Å²) in [6.07, 6.45) is 0. The molecule has 1 amide bonds. The number of sulfonamides is 1. The number of amides is 1. The topological polar surface area (TPSA) is 134 Å². The van der Waals surface area contributed by atoms with Crippen LogP contribution in [0.2, 0.25) is 0 Å². The molecule has 1 heterocycles. The summed E-state index contributed by atoms with van der Waals surface area (Å²) in [6.45, 7) is 1.71. The van der Waals surface area contributed by atoms with E-state index in [2.05, 4.69) is 20.2 Å². The molecule has 1 aromatic heterocycles. The van der Waals surface area contributed by atoms with Crippen LogP contribution in [-0.4, -0.2) is 29.6 Å². The van der Waals surface area contributed by atoms with Crippen LogP contribution in [-0.2, 0) is 10.0 Å². The van der Waals surface area contributed by atoms with Crippen LogP contribution >= 0.6 is 0 Å². The minimum Gasteiger partial charge on any atom is -0.506 e. The van der Waals surface area contributed by atoms with E-state index in [0.29, 0.717) is 17.3 Å². The normalized spacial score (nSPS) is 11.2. The lowest BCUT2D eigenvalue weighted by Gasteiger charge is -2.12. The molecular formula is C28H21FN4O5S. The van der Waals surface area contributed by atoms with Gasteiger partial charge in [0.25, 0.3) is 15.9 Å². The van der Waals surface area contributed by atoms with E-state index in [4.69, 9.17) is 4.52 Å². The number of hydrogen-bond acceptors (Lipinski definition) is 7. The Labute approximate surface area is 223 Å². The summed E-state index contributed by atoms with van der Waals surface area (Å²) in [5.41, 5.74) is 2.94. The summed E-state index contributed by atoms with van der Waals surface area (Å²) < 4.78 is 45.8. The molecule has 5 aromatic rings. The number of nitrogens with one attached hydrogen (secondary N) is 2. The number of hydrogen-bond donors (Lipinski definition) is 3. The SMILES string of the molecule is Cc1nc(-c2ccccc2-c2ccc(C(=O)Nc3ccc(O)c(NS(=O)(=O)c4ccc(F)cc4)c3)cc2)no1. The summed E-state index contributed by atoms with van der Waals surface area (Å²) in [6, 6.07) is 22.7. The lowest BCUT2D eigenvalue weighted by Crippen LogP contribution is -2.14. The fraction of sp³-hybridized carbons (Fsp3) is 0.0357. The number of phenolic OH excluding ortho intramolecular Hbond substituents is 1.